The maximum absolute atomic E-state index is 12.4. The summed E-state index contributed by atoms with van der Waals surface area (Å²) in [5.41, 5.74) is 1.35. The maximum atomic E-state index is 12.4. The van der Waals surface area contributed by atoms with Crippen LogP contribution in [0, 0.1) is 0 Å². The van der Waals surface area contributed by atoms with Crippen molar-refractivity contribution in [3.05, 3.63) is 59.2 Å². The molecule has 1 aliphatic rings. The summed E-state index contributed by atoms with van der Waals surface area (Å²) in [6.07, 6.45) is 0.00362. The van der Waals surface area contributed by atoms with E-state index >= 15 is 0 Å². The van der Waals surface area contributed by atoms with Crippen molar-refractivity contribution in [3.8, 4) is 0 Å². The third-order valence-electron chi connectivity index (χ3n) is 4.63. The van der Waals surface area contributed by atoms with Crippen molar-refractivity contribution in [2.75, 3.05) is 12.4 Å². The van der Waals surface area contributed by atoms with Gasteiger partial charge < -0.3 is 5.32 Å². The molecule has 0 radical (unpaired) electrons. The molecule has 0 unspecified atom stereocenters. The molecule has 0 saturated carbocycles. The number of sulfone groups is 1. The van der Waals surface area contributed by atoms with E-state index in [9.17, 15) is 22.8 Å². The molecule has 3 rings (SSSR count). The lowest BCUT2D eigenvalue weighted by molar-refractivity contribution is -0.115. The first-order valence-corrected chi connectivity index (χ1v) is 10.3. The SMILES string of the molecule is CC(C)S(=O)(=O)c1ccc(CC(=O)Nc2cccc3c2C(=O)N(C)C3=O)cc1. The fourth-order valence-corrected chi connectivity index (χ4v) is 4.01. The van der Waals surface area contributed by atoms with Crippen LogP contribution in [0.3, 0.4) is 0 Å². The number of benzene rings is 2. The molecule has 0 aliphatic carbocycles. The highest BCUT2D eigenvalue weighted by molar-refractivity contribution is 7.92. The minimum Gasteiger partial charge on any atom is -0.325 e. The Labute approximate surface area is 163 Å². The van der Waals surface area contributed by atoms with E-state index in [0.29, 0.717) is 5.56 Å². The molecule has 1 aliphatic heterocycles. The monoisotopic (exact) mass is 400 g/mol. The molecule has 8 heteroatoms. The van der Waals surface area contributed by atoms with E-state index in [1.165, 1.54) is 19.2 Å². The number of fused-ring (bicyclic) bond motifs is 1. The number of amides is 3. The average Bonchev–Trinajstić information content (AvgIpc) is 2.87. The second-order valence-electron chi connectivity index (χ2n) is 6.86. The van der Waals surface area contributed by atoms with Crippen molar-refractivity contribution in [1.82, 2.24) is 4.90 Å². The molecule has 2 aromatic rings. The lowest BCUT2D eigenvalue weighted by Crippen LogP contribution is -2.24. The lowest BCUT2D eigenvalue weighted by Gasteiger charge is -2.10. The molecule has 2 aromatic carbocycles. The molecule has 0 bridgehead atoms. The molecule has 0 aromatic heterocycles. The average molecular weight is 400 g/mol. The molecular formula is C20H20N2O5S. The molecule has 0 spiro atoms. The van der Waals surface area contributed by atoms with E-state index in [1.807, 2.05) is 0 Å². The molecule has 1 heterocycles. The minimum atomic E-state index is -3.37. The van der Waals surface area contributed by atoms with E-state index in [-0.39, 0.29) is 34.0 Å². The first-order valence-electron chi connectivity index (χ1n) is 8.71. The van der Waals surface area contributed by atoms with E-state index in [0.717, 1.165) is 4.90 Å². The summed E-state index contributed by atoms with van der Waals surface area (Å²) in [5.74, 6) is -1.24. The Balaban J connectivity index is 1.76. The molecule has 0 saturated heterocycles. The van der Waals surface area contributed by atoms with Crippen LogP contribution in [-0.2, 0) is 21.1 Å². The Hall–Kier alpha value is -3.00. The van der Waals surface area contributed by atoms with Crippen molar-refractivity contribution in [2.45, 2.75) is 30.4 Å². The Morgan fingerprint density at radius 3 is 2.29 bits per heavy atom. The third-order valence-corrected chi connectivity index (χ3v) is 6.80. The summed E-state index contributed by atoms with van der Waals surface area (Å²) >= 11 is 0. The van der Waals surface area contributed by atoms with E-state index in [2.05, 4.69) is 5.32 Å². The van der Waals surface area contributed by atoms with Crippen LogP contribution in [-0.4, -0.2) is 43.3 Å². The smallest absolute Gasteiger partial charge is 0.263 e. The third kappa shape index (κ3) is 3.43. The predicted molar refractivity (Wildman–Crippen MR) is 104 cm³/mol. The highest BCUT2D eigenvalue weighted by atomic mass is 32.2. The molecule has 0 fully saturated rings. The summed E-state index contributed by atoms with van der Waals surface area (Å²) in [6.45, 7) is 3.22. The second kappa shape index (κ2) is 7.20. The topological polar surface area (TPSA) is 101 Å². The zero-order valence-electron chi connectivity index (χ0n) is 15.7. The highest BCUT2D eigenvalue weighted by Gasteiger charge is 2.35. The second-order valence-corrected chi connectivity index (χ2v) is 9.36. The normalized spacial score (nSPS) is 13.8. The molecule has 1 N–H and O–H groups in total. The van der Waals surface area contributed by atoms with Crippen LogP contribution in [0.5, 0.6) is 0 Å². The number of anilines is 1. The number of rotatable bonds is 5. The zero-order valence-corrected chi connectivity index (χ0v) is 16.5. The molecular weight excluding hydrogens is 380 g/mol. The van der Waals surface area contributed by atoms with Crippen LogP contribution < -0.4 is 5.32 Å². The lowest BCUT2D eigenvalue weighted by atomic mass is 10.1. The minimum absolute atomic E-state index is 0.00362. The standard InChI is InChI=1S/C20H20N2O5S/c1-12(2)28(26,27)14-9-7-13(8-10-14)11-17(23)21-16-6-4-5-15-18(16)20(25)22(3)19(15)24/h4-10,12H,11H2,1-3H3,(H,21,23). The van der Waals surface area contributed by atoms with Gasteiger partial charge in [0.25, 0.3) is 11.8 Å². The number of carbonyl (C=O) groups is 3. The van der Waals surface area contributed by atoms with Gasteiger partial charge in [-0.3, -0.25) is 19.3 Å². The molecule has 146 valence electrons. The summed E-state index contributed by atoms with van der Waals surface area (Å²) in [6, 6.07) is 10.9. The Morgan fingerprint density at radius 1 is 1.04 bits per heavy atom. The van der Waals surface area contributed by atoms with Crippen molar-refractivity contribution in [1.29, 1.82) is 0 Å². The number of hydrogen-bond acceptors (Lipinski definition) is 5. The van der Waals surface area contributed by atoms with Gasteiger partial charge >= 0.3 is 0 Å². The van der Waals surface area contributed by atoms with Crippen molar-refractivity contribution in [3.63, 3.8) is 0 Å². The first kappa shape index (κ1) is 19.8. The van der Waals surface area contributed by atoms with Gasteiger partial charge in [0, 0.05) is 7.05 Å². The zero-order chi connectivity index (χ0) is 20.6. The summed E-state index contributed by atoms with van der Waals surface area (Å²) in [5, 5.41) is 2.14. The van der Waals surface area contributed by atoms with Crippen LogP contribution in [0.2, 0.25) is 0 Å². The van der Waals surface area contributed by atoms with Gasteiger partial charge in [0.05, 0.1) is 33.4 Å². The van der Waals surface area contributed by atoms with Gasteiger partial charge in [-0.25, -0.2) is 8.42 Å². The molecule has 28 heavy (non-hydrogen) atoms. The van der Waals surface area contributed by atoms with E-state index < -0.39 is 26.9 Å². The number of nitrogens with one attached hydrogen (secondary N) is 1. The number of hydrogen-bond donors (Lipinski definition) is 1. The maximum Gasteiger partial charge on any atom is 0.263 e. The number of imide groups is 1. The van der Waals surface area contributed by atoms with Crippen LogP contribution >= 0.6 is 0 Å². The summed E-state index contributed by atoms with van der Waals surface area (Å²) < 4.78 is 24.3. The first-order chi connectivity index (χ1) is 13.1. The quantitative estimate of drug-likeness (QED) is 0.776. The molecule has 3 amide bonds. The number of nitrogens with zero attached hydrogens (tertiary/aromatic N) is 1. The summed E-state index contributed by atoms with van der Waals surface area (Å²) in [7, 11) is -1.98. The fraction of sp³-hybridized carbons (Fsp3) is 0.250. The van der Waals surface area contributed by atoms with Gasteiger partial charge in [0.1, 0.15) is 0 Å². The number of carbonyl (C=O) groups excluding carboxylic acids is 3. The van der Waals surface area contributed by atoms with E-state index in [4.69, 9.17) is 0 Å². The van der Waals surface area contributed by atoms with Gasteiger partial charge in [-0.2, -0.15) is 0 Å². The molecule has 0 atom stereocenters. The molecule has 7 nitrogen and oxygen atoms in total. The van der Waals surface area contributed by atoms with Gasteiger partial charge in [-0.15, -0.1) is 0 Å². The predicted octanol–water partition coefficient (Wildman–Crippen LogP) is 2.28. The summed E-state index contributed by atoms with van der Waals surface area (Å²) in [4.78, 5) is 37.9. The van der Waals surface area contributed by atoms with Crippen molar-refractivity contribution < 1.29 is 22.8 Å². The largest absolute Gasteiger partial charge is 0.325 e. The highest BCUT2D eigenvalue weighted by Crippen LogP contribution is 2.28. The van der Waals surface area contributed by atoms with Crippen LogP contribution in [0.4, 0.5) is 5.69 Å². The van der Waals surface area contributed by atoms with Gasteiger partial charge in [0.2, 0.25) is 5.91 Å². The van der Waals surface area contributed by atoms with Crippen molar-refractivity contribution >= 4 is 33.2 Å². The van der Waals surface area contributed by atoms with Crippen LogP contribution in [0.1, 0.15) is 40.1 Å². The van der Waals surface area contributed by atoms with E-state index in [1.54, 1.807) is 44.2 Å². The van der Waals surface area contributed by atoms with Gasteiger partial charge in [-0.05, 0) is 43.7 Å². The Bertz CT molecular complexity index is 1070. The van der Waals surface area contributed by atoms with Gasteiger partial charge in [0.15, 0.2) is 9.84 Å². The van der Waals surface area contributed by atoms with Crippen LogP contribution in [0.25, 0.3) is 0 Å². The van der Waals surface area contributed by atoms with Gasteiger partial charge in [-0.1, -0.05) is 18.2 Å². The van der Waals surface area contributed by atoms with Crippen molar-refractivity contribution in [2.24, 2.45) is 0 Å². The Kier molecular flexibility index (Phi) is 5.08. The fourth-order valence-electron chi connectivity index (χ4n) is 2.95. The van der Waals surface area contributed by atoms with Crippen LogP contribution in [0.15, 0.2) is 47.4 Å². The Morgan fingerprint density at radius 2 is 1.68 bits per heavy atom.